The second-order valence-corrected chi connectivity index (χ2v) is 6.87. The third kappa shape index (κ3) is 2.72. The predicted octanol–water partition coefficient (Wildman–Crippen LogP) is 3.57. The average molecular weight is 422 g/mol. The molecule has 0 bridgehead atoms. The highest BCUT2D eigenvalue weighted by Gasteiger charge is 2.38. The van der Waals surface area contributed by atoms with Crippen molar-refractivity contribution in [2.75, 3.05) is 6.26 Å². The Balaban J connectivity index is 2.12. The summed E-state index contributed by atoms with van der Waals surface area (Å²) in [7, 11) is 0. The predicted molar refractivity (Wildman–Crippen MR) is 96.5 cm³/mol. The van der Waals surface area contributed by atoms with Gasteiger partial charge in [-0.25, -0.2) is 4.99 Å². The Morgan fingerprint density at radius 1 is 1.18 bits per heavy atom. The lowest BCUT2D eigenvalue weighted by Gasteiger charge is -2.21. The Labute approximate surface area is 145 Å². The fraction of sp³-hybridized carbons (Fsp3) is 0.125. The minimum atomic E-state index is -0.603. The zero-order chi connectivity index (χ0) is 15.7. The van der Waals surface area contributed by atoms with Crippen molar-refractivity contribution in [2.24, 2.45) is 4.99 Å². The molecule has 110 valence electrons. The summed E-state index contributed by atoms with van der Waals surface area (Å²) in [6.07, 6.45) is 3.33. The van der Waals surface area contributed by atoms with Gasteiger partial charge in [-0.15, -0.1) is 11.8 Å². The molecule has 0 radical (unpaired) electrons. The van der Waals surface area contributed by atoms with Crippen LogP contribution >= 0.6 is 34.4 Å². The van der Waals surface area contributed by atoms with Gasteiger partial charge in [-0.3, -0.25) is 14.6 Å². The van der Waals surface area contributed by atoms with E-state index in [9.17, 15) is 9.59 Å². The third-order valence-electron chi connectivity index (χ3n) is 3.32. The number of halogens is 1. The van der Waals surface area contributed by atoms with E-state index in [0.717, 1.165) is 3.57 Å². The van der Waals surface area contributed by atoms with Crippen molar-refractivity contribution in [3.8, 4) is 0 Å². The molecule has 0 saturated heterocycles. The van der Waals surface area contributed by atoms with Crippen LogP contribution in [-0.4, -0.2) is 33.8 Å². The van der Waals surface area contributed by atoms with E-state index in [1.54, 1.807) is 18.4 Å². The van der Waals surface area contributed by atoms with Crippen molar-refractivity contribution in [1.29, 1.82) is 0 Å². The normalized spacial score (nSPS) is 19.4. The molecule has 4 nitrogen and oxygen atoms in total. The number of hydrogen-bond acceptors (Lipinski definition) is 5. The number of carbonyl (C=O) groups is 2. The molecule has 1 heterocycles. The van der Waals surface area contributed by atoms with Gasteiger partial charge in [0.1, 0.15) is 16.7 Å². The number of aromatic nitrogens is 1. The lowest BCUT2D eigenvalue weighted by atomic mass is 9.91. The van der Waals surface area contributed by atoms with Crippen molar-refractivity contribution in [1.82, 2.24) is 4.98 Å². The largest absolute Gasteiger partial charge is 0.291 e. The minimum absolute atomic E-state index is 0.160. The maximum absolute atomic E-state index is 12.7. The van der Waals surface area contributed by atoms with Crippen molar-refractivity contribution in [3.05, 3.63) is 57.4 Å². The zero-order valence-electron chi connectivity index (χ0n) is 11.6. The Morgan fingerprint density at radius 2 is 1.91 bits per heavy atom. The van der Waals surface area contributed by atoms with Crippen LogP contribution in [0.3, 0.4) is 0 Å². The number of nitrogens with zero attached hydrogens (tertiary/aromatic N) is 2. The summed E-state index contributed by atoms with van der Waals surface area (Å²) in [5.74, 6) is -0.382. The third-order valence-corrected chi connectivity index (χ3v) is 4.94. The lowest BCUT2D eigenvalue weighted by molar-refractivity contribution is 0.0965. The molecular formula is C16H11IN2O2S. The van der Waals surface area contributed by atoms with Gasteiger partial charge in [0.2, 0.25) is 11.6 Å². The van der Waals surface area contributed by atoms with Crippen LogP contribution in [0.2, 0.25) is 0 Å². The molecule has 3 rings (SSSR count). The number of ketones is 2. The maximum Gasteiger partial charge on any atom is 0.211 e. The van der Waals surface area contributed by atoms with Gasteiger partial charge in [-0.05, 0) is 65.2 Å². The number of rotatable bonds is 2. The van der Waals surface area contributed by atoms with Crippen molar-refractivity contribution in [2.45, 2.75) is 5.25 Å². The molecule has 1 atom stereocenters. The summed E-state index contributed by atoms with van der Waals surface area (Å²) in [5, 5.41) is -0.603. The topological polar surface area (TPSA) is 59.4 Å². The molecule has 0 N–H and O–H groups in total. The first-order chi connectivity index (χ1) is 10.6. The van der Waals surface area contributed by atoms with E-state index in [4.69, 9.17) is 0 Å². The summed E-state index contributed by atoms with van der Waals surface area (Å²) in [5.41, 5.74) is 1.53. The minimum Gasteiger partial charge on any atom is -0.291 e. The number of pyridine rings is 1. The Hall–Kier alpha value is -1.54. The number of thioether (sulfide) groups is 1. The molecule has 0 amide bonds. The molecule has 2 aromatic rings. The SMILES string of the molecule is CSC1C(=O)c2ncccc2C(=O)C1=Nc1ccc(I)cc1. The smallest absolute Gasteiger partial charge is 0.211 e. The van der Waals surface area contributed by atoms with Gasteiger partial charge in [0.15, 0.2) is 0 Å². The van der Waals surface area contributed by atoms with Crippen LogP contribution in [0.25, 0.3) is 0 Å². The van der Waals surface area contributed by atoms with Crippen LogP contribution in [-0.2, 0) is 0 Å². The van der Waals surface area contributed by atoms with E-state index in [1.165, 1.54) is 18.0 Å². The van der Waals surface area contributed by atoms with Gasteiger partial charge in [-0.2, -0.15) is 0 Å². The second kappa shape index (κ2) is 6.29. The first-order valence-electron chi connectivity index (χ1n) is 6.52. The van der Waals surface area contributed by atoms with E-state index in [1.807, 2.05) is 24.3 Å². The molecule has 0 fully saturated rings. The van der Waals surface area contributed by atoms with Gasteiger partial charge >= 0.3 is 0 Å². The van der Waals surface area contributed by atoms with E-state index >= 15 is 0 Å². The van der Waals surface area contributed by atoms with Crippen LogP contribution in [0.1, 0.15) is 20.8 Å². The summed E-state index contributed by atoms with van der Waals surface area (Å²) in [6.45, 7) is 0. The number of Topliss-reactive ketones (excluding diaryl/α,β-unsaturated/α-hetero) is 2. The summed E-state index contributed by atoms with van der Waals surface area (Å²) < 4.78 is 1.09. The molecular weight excluding hydrogens is 411 g/mol. The lowest BCUT2D eigenvalue weighted by Crippen LogP contribution is -2.39. The molecule has 6 heteroatoms. The average Bonchev–Trinajstić information content (AvgIpc) is 2.55. The van der Waals surface area contributed by atoms with Gasteiger partial charge < -0.3 is 0 Å². The first kappa shape index (κ1) is 15.4. The second-order valence-electron chi connectivity index (χ2n) is 4.68. The van der Waals surface area contributed by atoms with Crippen LogP contribution in [0.4, 0.5) is 5.69 Å². The molecule has 0 saturated carbocycles. The van der Waals surface area contributed by atoms with Crippen molar-refractivity contribution in [3.63, 3.8) is 0 Å². The Bertz CT molecular complexity index is 787. The Kier molecular flexibility index (Phi) is 4.39. The first-order valence-corrected chi connectivity index (χ1v) is 8.89. The van der Waals surface area contributed by atoms with E-state index in [-0.39, 0.29) is 23.0 Å². The summed E-state index contributed by atoms with van der Waals surface area (Å²) >= 11 is 3.51. The number of benzene rings is 1. The monoisotopic (exact) mass is 422 g/mol. The molecule has 0 aliphatic heterocycles. The van der Waals surface area contributed by atoms with Crippen LogP contribution in [0.15, 0.2) is 47.6 Å². The summed E-state index contributed by atoms with van der Waals surface area (Å²) in [6, 6.07) is 10.8. The molecule has 22 heavy (non-hydrogen) atoms. The van der Waals surface area contributed by atoms with Gasteiger partial charge in [-0.1, -0.05) is 0 Å². The quantitative estimate of drug-likeness (QED) is 0.695. The number of fused-ring (bicyclic) bond motifs is 1. The van der Waals surface area contributed by atoms with Gasteiger partial charge in [0.05, 0.1) is 11.3 Å². The molecule has 1 aliphatic carbocycles. The number of hydrogen-bond donors (Lipinski definition) is 0. The van der Waals surface area contributed by atoms with Crippen molar-refractivity contribution < 1.29 is 9.59 Å². The van der Waals surface area contributed by atoms with E-state index in [2.05, 4.69) is 32.6 Å². The number of carbonyl (C=O) groups excluding carboxylic acids is 2. The highest BCUT2D eigenvalue weighted by atomic mass is 127. The highest BCUT2D eigenvalue weighted by Crippen LogP contribution is 2.27. The maximum atomic E-state index is 12.7. The standard InChI is InChI=1S/C16H11IN2O2S/c1-22-16-13(19-10-6-4-9(17)5-7-10)14(20)11-3-2-8-18-12(11)15(16)21/h2-8,16H,1H3. The molecule has 1 aromatic carbocycles. The van der Waals surface area contributed by atoms with Gasteiger partial charge in [0.25, 0.3) is 0 Å². The van der Waals surface area contributed by atoms with Gasteiger partial charge in [0, 0.05) is 9.77 Å². The van der Waals surface area contributed by atoms with Crippen LogP contribution < -0.4 is 0 Å². The van der Waals surface area contributed by atoms with Crippen LogP contribution in [0.5, 0.6) is 0 Å². The fourth-order valence-corrected chi connectivity index (χ4v) is 3.34. The molecule has 1 unspecified atom stereocenters. The van der Waals surface area contributed by atoms with Crippen LogP contribution in [0, 0.1) is 3.57 Å². The highest BCUT2D eigenvalue weighted by molar-refractivity contribution is 14.1. The molecule has 1 aromatic heterocycles. The van der Waals surface area contributed by atoms with Crippen molar-refractivity contribution >= 4 is 57.3 Å². The Morgan fingerprint density at radius 3 is 2.59 bits per heavy atom. The number of aliphatic imine (C=N–C) groups is 1. The zero-order valence-corrected chi connectivity index (χ0v) is 14.6. The summed E-state index contributed by atoms with van der Waals surface area (Å²) in [4.78, 5) is 33.7. The molecule has 1 aliphatic rings. The molecule has 0 spiro atoms. The van der Waals surface area contributed by atoms with E-state index in [0.29, 0.717) is 11.3 Å². The fourth-order valence-electron chi connectivity index (χ4n) is 2.27. The van der Waals surface area contributed by atoms with E-state index < -0.39 is 5.25 Å².